The highest BCUT2D eigenvalue weighted by Crippen LogP contribution is 2.25. The molecule has 1 unspecified atom stereocenters. The summed E-state index contributed by atoms with van der Waals surface area (Å²) in [4.78, 5) is 11.2. The highest BCUT2D eigenvalue weighted by atomic mass is 19.3. The van der Waals surface area contributed by atoms with Gasteiger partial charge >= 0.3 is 12.6 Å². The highest BCUT2D eigenvalue weighted by molar-refractivity contribution is 5.70. The number of hydrogen-bond donors (Lipinski definition) is 2. The molecular weight excluding hydrogens is 308 g/mol. The lowest BCUT2D eigenvalue weighted by Crippen LogP contribution is -2.29. The second-order valence-corrected chi connectivity index (χ2v) is 5.65. The largest absolute Gasteiger partial charge is 0.497 e. The van der Waals surface area contributed by atoms with Crippen LogP contribution in [0.15, 0.2) is 18.2 Å². The summed E-state index contributed by atoms with van der Waals surface area (Å²) < 4.78 is 34.4. The number of carboxylic acid groups (broad SMARTS) is 1. The first kappa shape index (κ1) is 19.2. The number of alkyl halides is 2. The van der Waals surface area contributed by atoms with Crippen LogP contribution >= 0.6 is 0 Å². The van der Waals surface area contributed by atoms with Gasteiger partial charge in [-0.25, -0.2) is 0 Å². The molecular formula is C16H23F2NO4. The van der Waals surface area contributed by atoms with Crippen LogP contribution in [0.4, 0.5) is 8.78 Å². The fraction of sp³-hybridized carbons (Fsp3) is 0.562. The van der Waals surface area contributed by atoms with Crippen molar-refractivity contribution in [1.29, 1.82) is 0 Å². The molecule has 0 saturated heterocycles. The number of methoxy groups -OCH3 is 1. The number of halogens is 2. The lowest BCUT2D eigenvalue weighted by atomic mass is 9.97. The van der Waals surface area contributed by atoms with E-state index in [1.165, 1.54) is 19.2 Å². The summed E-state index contributed by atoms with van der Waals surface area (Å²) in [5.74, 6) is -0.585. The fourth-order valence-electron chi connectivity index (χ4n) is 2.25. The minimum atomic E-state index is -2.92. The third-order valence-corrected chi connectivity index (χ3v) is 3.30. The maximum atomic E-state index is 12.4. The van der Waals surface area contributed by atoms with Crippen molar-refractivity contribution in [3.63, 3.8) is 0 Å². The van der Waals surface area contributed by atoms with Crippen LogP contribution in [0.1, 0.15) is 25.8 Å². The first-order valence-electron chi connectivity index (χ1n) is 7.38. The van der Waals surface area contributed by atoms with E-state index in [1.54, 1.807) is 6.07 Å². The number of hydrogen-bond acceptors (Lipinski definition) is 4. The molecule has 0 amide bonds. The molecule has 0 spiro atoms. The Balaban J connectivity index is 2.72. The Morgan fingerprint density at radius 3 is 2.57 bits per heavy atom. The van der Waals surface area contributed by atoms with E-state index in [1.807, 2.05) is 13.8 Å². The fourth-order valence-corrected chi connectivity index (χ4v) is 2.25. The number of aliphatic carboxylic acids is 1. The number of carbonyl (C=O) groups is 1. The Morgan fingerprint density at radius 2 is 2.04 bits per heavy atom. The number of rotatable bonds is 10. The van der Waals surface area contributed by atoms with E-state index in [0.29, 0.717) is 17.7 Å². The Morgan fingerprint density at radius 1 is 1.35 bits per heavy atom. The molecule has 130 valence electrons. The van der Waals surface area contributed by atoms with Gasteiger partial charge in [0.2, 0.25) is 0 Å². The zero-order chi connectivity index (χ0) is 17.4. The smallest absolute Gasteiger partial charge is 0.387 e. The second-order valence-electron chi connectivity index (χ2n) is 5.65. The molecule has 0 radical (unpaired) electrons. The normalized spacial score (nSPS) is 12.5. The quantitative estimate of drug-likeness (QED) is 0.689. The zero-order valence-electron chi connectivity index (χ0n) is 13.5. The molecule has 0 aliphatic carbocycles. The van der Waals surface area contributed by atoms with Crippen molar-refractivity contribution in [2.75, 3.05) is 13.7 Å². The summed E-state index contributed by atoms with van der Waals surface area (Å²) in [6.07, 6.45) is 0.542. The van der Waals surface area contributed by atoms with Crippen LogP contribution in [0, 0.1) is 11.8 Å². The first-order valence-corrected chi connectivity index (χ1v) is 7.38. The molecule has 23 heavy (non-hydrogen) atoms. The Bertz CT molecular complexity index is 509. The number of carboxylic acids is 1. The molecule has 0 saturated carbocycles. The van der Waals surface area contributed by atoms with Crippen molar-refractivity contribution >= 4 is 5.97 Å². The van der Waals surface area contributed by atoms with Gasteiger partial charge in [-0.1, -0.05) is 13.8 Å². The number of nitrogens with one attached hydrogen (secondary N) is 1. The molecule has 1 rings (SSSR count). The molecule has 0 bridgehead atoms. The number of benzene rings is 1. The Hall–Kier alpha value is -1.89. The topological polar surface area (TPSA) is 67.8 Å². The maximum absolute atomic E-state index is 12.4. The second kappa shape index (κ2) is 9.29. The molecule has 0 heterocycles. The van der Waals surface area contributed by atoms with E-state index in [0.717, 1.165) is 0 Å². The minimum absolute atomic E-state index is 0.0454. The van der Waals surface area contributed by atoms with E-state index >= 15 is 0 Å². The molecule has 7 heteroatoms. The van der Waals surface area contributed by atoms with Crippen LogP contribution in [0.3, 0.4) is 0 Å². The van der Waals surface area contributed by atoms with Crippen molar-refractivity contribution < 1.29 is 28.2 Å². The summed E-state index contributed by atoms with van der Waals surface area (Å²) in [7, 11) is 1.48. The van der Waals surface area contributed by atoms with Gasteiger partial charge in [-0.15, -0.1) is 0 Å². The predicted octanol–water partition coefficient (Wildman–Crippen LogP) is 3.13. The molecule has 1 atom stereocenters. The molecule has 0 aromatic heterocycles. The average Bonchev–Trinajstić information content (AvgIpc) is 2.46. The average molecular weight is 331 g/mol. The van der Waals surface area contributed by atoms with Gasteiger partial charge in [0.1, 0.15) is 11.5 Å². The van der Waals surface area contributed by atoms with E-state index < -0.39 is 18.5 Å². The summed E-state index contributed by atoms with van der Waals surface area (Å²) >= 11 is 0. The lowest BCUT2D eigenvalue weighted by molar-refractivity contribution is -0.142. The van der Waals surface area contributed by atoms with Gasteiger partial charge in [-0.05, 0) is 30.5 Å². The van der Waals surface area contributed by atoms with Crippen molar-refractivity contribution in [1.82, 2.24) is 5.32 Å². The molecule has 1 aromatic carbocycles. The van der Waals surface area contributed by atoms with Gasteiger partial charge in [-0.3, -0.25) is 4.79 Å². The van der Waals surface area contributed by atoms with Gasteiger partial charge in [0.05, 0.1) is 13.0 Å². The van der Waals surface area contributed by atoms with E-state index in [9.17, 15) is 18.7 Å². The molecule has 2 N–H and O–H groups in total. The third kappa shape index (κ3) is 6.81. The summed E-state index contributed by atoms with van der Waals surface area (Å²) in [6.45, 7) is 1.44. The molecule has 0 fully saturated rings. The molecule has 5 nitrogen and oxygen atoms in total. The SMILES string of the molecule is COc1ccc(OC(F)F)c(CNCC(CC(C)C)C(=O)O)c1. The third-order valence-electron chi connectivity index (χ3n) is 3.30. The van der Waals surface area contributed by atoms with Crippen LogP contribution in [0.25, 0.3) is 0 Å². The summed E-state index contributed by atoms with van der Waals surface area (Å²) in [5.41, 5.74) is 0.485. The van der Waals surface area contributed by atoms with Crippen LogP contribution in [0.5, 0.6) is 11.5 Å². The van der Waals surface area contributed by atoms with Crippen molar-refractivity contribution in [3.05, 3.63) is 23.8 Å². The lowest BCUT2D eigenvalue weighted by Gasteiger charge is -2.17. The standard InChI is InChI=1S/C16H23F2NO4/c1-10(2)6-12(15(20)21)9-19-8-11-7-13(22-3)4-5-14(11)23-16(17)18/h4-5,7,10,12,16,19H,6,8-9H2,1-3H3,(H,20,21). The summed E-state index contributed by atoms with van der Waals surface area (Å²) in [6, 6.07) is 4.52. The zero-order valence-corrected chi connectivity index (χ0v) is 13.5. The van der Waals surface area contributed by atoms with Crippen molar-refractivity contribution in [2.24, 2.45) is 11.8 Å². The van der Waals surface area contributed by atoms with Gasteiger partial charge in [0, 0.05) is 18.7 Å². The van der Waals surface area contributed by atoms with Gasteiger partial charge < -0.3 is 19.9 Å². The van der Waals surface area contributed by atoms with E-state index in [2.05, 4.69) is 10.1 Å². The molecule has 1 aromatic rings. The van der Waals surface area contributed by atoms with Gasteiger partial charge in [0.25, 0.3) is 0 Å². The van der Waals surface area contributed by atoms with E-state index in [-0.39, 0.29) is 24.8 Å². The number of ether oxygens (including phenoxy) is 2. The molecule has 0 aliphatic rings. The first-order chi connectivity index (χ1) is 10.8. The predicted molar refractivity (Wildman–Crippen MR) is 81.9 cm³/mol. The maximum Gasteiger partial charge on any atom is 0.387 e. The summed E-state index contributed by atoms with van der Waals surface area (Å²) in [5, 5.41) is 12.2. The van der Waals surface area contributed by atoms with Crippen LogP contribution in [-0.4, -0.2) is 31.3 Å². The van der Waals surface area contributed by atoms with Crippen molar-refractivity contribution in [3.8, 4) is 11.5 Å². The van der Waals surface area contributed by atoms with Crippen LogP contribution < -0.4 is 14.8 Å². The van der Waals surface area contributed by atoms with E-state index in [4.69, 9.17) is 4.74 Å². The van der Waals surface area contributed by atoms with Gasteiger partial charge in [-0.2, -0.15) is 8.78 Å². The van der Waals surface area contributed by atoms with Gasteiger partial charge in [0.15, 0.2) is 0 Å². The Kier molecular flexibility index (Phi) is 7.74. The van der Waals surface area contributed by atoms with Crippen LogP contribution in [0.2, 0.25) is 0 Å². The molecule has 0 aliphatic heterocycles. The Labute approximate surface area is 134 Å². The monoisotopic (exact) mass is 331 g/mol. The minimum Gasteiger partial charge on any atom is -0.497 e. The highest BCUT2D eigenvalue weighted by Gasteiger charge is 2.19. The van der Waals surface area contributed by atoms with Crippen molar-refractivity contribution in [2.45, 2.75) is 33.4 Å². The van der Waals surface area contributed by atoms with Crippen LogP contribution in [-0.2, 0) is 11.3 Å².